The van der Waals surface area contributed by atoms with E-state index in [4.69, 9.17) is 11.6 Å². The molecule has 1 aliphatic rings. The molecule has 7 heteroatoms. The van der Waals surface area contributed by atoms with Crippen LogP contribution in [-0.2, 0) is 6.42 Å². The third kappa shape index (κ3) is 2.05. The lowest BCUT2D eigenvalue weighted by Gasteiger charge is -2.13. The van der Waals surface area contributed by atoms with Crippen LogP contribution in [-0.4, -0.2) is 24.6 Å². The summed E-state index contributed by atoms with van der Waals surface area (Å²) in [5.41, 5.74) is 3.00. The Morgan fingerprint density at radius 1 is 1.32 bits per heavy atom. The summed E-state index contributed by atoms with van der Waals surface area (Å²) in [6, 6.07) is 1.80. The van der Waals surface area contributed by atoms with Crippen molar-refractivity contribution in [1.29, 1.82) is 0 Å². The van der Waals surface area contributed by atoms with E-state index in [9.17, 15) is 4.79 Å². The highest BCUT2D eigenvalue weighted by Gasteiger charge is 2.17. The minimum absolute atomic E-state index is 0.192. The van der Waals surface area contributed by atoms with E-state index < -0.39 is 0 Å². The number of fused-ring (bicyclic) bond motifs is 1. The first-order valence-corrected chi connectivity index (χ1v) is 7.03. The van der Waals surface area contributed by atoms with E-state index in [1.165, 1.54) is 10.8 Å². The Morgan fingerprint density at radius 2 is 2.18 bits per heavy atom. The van der Waals surface area contributed by atoms with Gasteiger partial charge in [0, 0.05) is 24.4 Å². The number of hydrogen-bond donors (Lipinski definition) is 1. The molecule has 0 unspecified atom stereocenters. The zero-order valence-corrected chi connectivity index (χ0v) is 12.1. The van der Waals surface area contributed by atoms with Crippen LogP contribution in [0.5, 0.6) is 0 Å². The molecule has 0 atom stereocenters. The van der Waals surface area contributed by atoms with Crippen molar-refractivity contribution in [3.63, 3.8) is 0 Å². The largest absolute Gasteiger partial charge is 0.323 e. The van der Waals surface area contributed by atoms with Crippen LogP contribution in [0.1, 0.15) is 16.8 Å². The molecule has 3 aromatic heterocycles. The highest BCUT2D eigenvalue weighted by atomic mass is 35.5. The average Bonchev–Trinajstić information content (AvgIpc) is 2.90. The molecule has 4 rings (SSSR count). The topological polar surface area (TPSA) is 75.9 Å². The van der Waals surface area contributed by atoms with Crippen LogP contribution in [0.15, 0.2) is 47.8 Å². The first-order valence-electron chi connectivity index (χ1n) is 6.65. The Balaban J connectivity index is 1.90. The summed E-state index contributed by atoms with van der Waals surface area (Å²) in [4.78, 5) is 24.0. The summed E-state index contributed by atoms with van der Waals surface area (Å²) in [6.07, 6.45) is 10.8. The van der Waals surface area contributed by atoms with Crippen molar-refractivity contribution in [2.45, 2.75) is 6.42 Å². The molecule has 0 saturated heterocycles. The second-order valence-corrected chi connectivity index (χ2v) is 5.38. The van der Waals surface area contributed by atoms with Crippen molar-refractivity contribution in [2.75, 3.05) is 0 Å². The van der Waals surface area contributed by atoms with Gasteiger partial charge in [-0.2, -0.15) is 14.6 Å². The molecule has 0 saturated carbocycles. The summed E-state index contributed by atoms with van der Waals surface area (Å²) >= 11 is 5.97. The van der Waals surface area contributed by atoms with Crippen LogP contribution >= 0.6 is 11.6 Å². The number of aromatic nitrogens is 5. The molecule has 0 spiro atoms. The number of allylic oxidation sites excluding steroid dienone is 4. The third-order valence-electron chi connectivity index (χ3n) is 3.52. The first kappa shape index (κ1) is 13.0. The molecule has 0 bridgehead atoms. The van der Waals surface area contributed by atoms with Gasteiger partial charge in [0.25, 0.3) is 5.56 Å². The van der Waals surface area contributed by atoms with Gasteiger partial charge in [0.1, 0.15) is 6.33 Å². The standard InChI is InChI=1S/C15H10ClN5O/c16-11-4-9(6-17-7-11)5-12-13(10-2-1-3-10)20-15-18-8-19-21(15)14(12)22/h1-4,6-8H,5H2,(H,18,19,20). The summed E-state index contributed by atoms with van der Waals surface area (Å²) < 4.78 is 1.26. The zero-order valence-electron chi connectivity index (χ0n) is 11.3. The average molecular weight is 312 g/mol. The maximum Gasteiger partial charge on any atom is 0.279 e. The maximum absolute atomic E-state index is 12.7. The number of H-pyrrole nitrogens is 1. The number of aromatic amines is 1. The number of hydrogen-bond acceptors (Lipinski definition) is 4. The molecule has 22 heavy (non-hydrogen) atoms. The summed E-state index contributed by atoms with van der Waals surface area (Å²) in [7, 11) is 0. The van der Waals surface area contributed by atoms with Crippen molar-refractivity contribution >= 4 is 23.0 Å². The molecule has 6 nitrogen and oxygen atoms in total. The van der Waals surface area contributed by atoms with Gasteiger partial charge in [-0.3, -0.25) is 9.78 Å². The second kappa shape index (κ2) is 4.92. The fourth-order valence-corrected chi connectivity index (χ4v) is 2.62. The van der Waals surface area contributed by atoms with E-state index in [-0.39, 0.29) is 5.56 Å². The van der Waals surface area contributed by atoms with Gasteiger partial charge in [0.15, 0.2) is 0 Å². The second-order valence-electron chi connectivity index (χ2n) is 4.95. The molecular weight excluding hydrogens is 302 g/mol. The fourth-order valence-electron chi connectivity index (χ4n) is 2.42. The van der Waals surface area contributed by atoms with Gasteiger partial charge in [-0.1, -0.05) is 29.8 Å². The zero-order chi connectivity index (χ0) is 15.1. The lowest BCUT2D eigenvalue weighted by atomic mass is 9.97. The normalized spacial score (nSPS) is 13.2. The summed E-state index contributed by atoms with van der Waals surface area (Å²) in [5, 5.41) is 4.51. The van der Waals surface area contributed by atoms with Crippen LogP contribution < -0.4 is 5.56 Å². The van der Waals surface area contributed by atoms with Gasteiger partial charge < -0.3 is 4.98 Å². The Morgan fingerprint density at radius 3 is 2.91 bits per heavy atom. The SMILES string of the molecule is O=c1c(Cc2cncc(Cl)c2)c(C2=CC=C2)[nH]c2ncnn12. The van der Waals surface area contributed by atoms with Gasteiger partial charge in [0.2, 0.25) is 5.78 Å². The van der Waals surface area contributed by atoms with Gasteiger partial charge >= 0.3 is 0 Å². The number of nitrogens with one attached hydrogen (secondary N) is 1. The molecule has 0 aromatic carbocycles. The van der Waals surface area contributed by atoms with Gasteiger partial charge in [0.05, 0.1) is 10.7 Å². The fraction of sp³-hybridized carbons (Fsp3) is 0.0667. The lowest BCUT2D eigenvalue weighted by Crippen LogP contribution is -2.23. The maximum atomic E-state index is 12.7. The molecule has 0 aliphatic heterocycles. The van der Waals surface area contributed by atoms with Crippen molar-refractivity contribution in [2.24, 2.45) is 0 Å². The van der Waals surface area contributed by atoms with E-state index in [2.05, 4.69) is 20.1 Å². The predicted molar refractivity (Wildman–Crippen MR) is 82.8 cm³/mol. The Hall–Kier alpha value is -2.73. The molecule has 0 radical (unpaired) electrons. The molecule has 3 heterocycles. The van der Waals surface area contributed by atoms with Gasteiger partial charge in [-0.25, -0.2) is 0 Å². The number of halogens is 1. The highest BCUT2D eigenvalue weighted by Crippen LogP contribution is 2.24. The molecule has 0 fully saturated rings. The molecule has 3 aromatic rings. The number of pyridine rings is 1. The summed E-state index contributed by atoms with van der Waals surface area (Å²) in [5.74, 6) is 0.425. The number of rotatable bonds is 3. The van der Waals surface area contributed by atoms with Crippen molar-refractivity contribution < 1.29 is 0 Å². The monoisotopic (exact) mass is 311 g/mol. The van der Waals surface area contributed by atoms with Crippen LogP contribution in [0.4, 0.5) is 0 Å². The molecule has 1 N–H and O–H groups in total. The van der Waals surface area contributed by atoms with Crippen LogP contribution in [0.3, 0.4) is 0 Å². The first-order chi connectivity index (χ1) is 10.7. The Labute approximate surface area is 129 Å². The molecule has 0 amide bonds. The predicted octanol–water partition coefficient (Wildman–Crippen LogP) is 2.01. The minimum atomic E-state index is -0.192. The van der Waals surface area contributed by atoms with Crippen molar-refractivity contribution in [3.05, 3.63) is 75.2 Å². The summed E-state index contributed by atoms with van der Waals surface area (Å²) in [6.45, 7) is 0. The van der Waals surface area contributed by atoms with E-state index >= 15 is 0 Å². The highest BCUT2D eigenvalue weighted by molar-refractivity contribution is 6.30. The molecule has 1 aliphatic carbocycles. The Kier molecular flexibility index (Phi) is 2.90. The van der Waals surface area contributed by atoms with Gasteiger partial charge in [-0.05, 0) is 17.2 Å². The smallest absolute Gasteiger partial charge is 0.279 e. The minimum Gasteiger partial charge on any atom is -0.323 e. The molecule has 108 valence electrons. The number of nitrogens with zero attached hydrogens (tertiary/aromatic N) is 4. The molecular formula is C15H10ClN5O. The lowest BCUT2D eigenvalue weighted by molar-refractivity contribution is 0.866. The van der Waals surface area contributed by atoms with Crippen LogP contribution in [0.25, 0.3) is 11.4 Å². The van der Waals surface area contributed by atoms with E-state index in [0.29, 0.717) is 22.8 Å². The van der Waals surface area contributed by atoms with E-state index in [0.717, 1.165) is 16.8 Å². The quantitative estimate of drug-likeness (QED) is 0.803. The van der Waals surface area contributed by atoms with Crippen LogP contribution in [0.2, 0.25) is 5.02 Å². The van der Waals surface area contributed by atoms with E-state index in [1.807, 2.05) is 18.2 Å². The van der Waals surface area contributed by atoms with Crippen molar-refractivity contribution in [1.82, 2.24) is 24.6 Å². The van der Waals surface area contributed by atoms with Gasteiger partial charge in [-0.15, -0.1) is 0 Å². The van der Waals surface area contributed by atoms with E-state index in [1.54, 1.807) is 18.5 Å². The third-order valence-corrected chi connectivity index (χ3v) is 3.73. The van der Waals surface area contributed by atoms with Crippen LogP contribution in [0, 0.1) is 0 Å². The Bertz CT molecular complexity index is 999. The van der Waals surface area contributed by atoms with Crippen molar-refractivity contribution in [3.8, 4) is 0 Å².